The highest BCUT2D eigenvalue weighted by molar-refractivity contribution is 9.09. The Morgan fingerprint density at radius 3 is 3.00 bits per heavy atom. The minimum absolute atomic E-state index is 0.0147. The van der Waals surface area contributed by atoms with Crippen LogP contribution in [0.2, 0.25) is 0 Å². The molecular weight excluding hydrogens is 196 g/mol. The van der Waals surface area contributed by atoms with E-state index in [0.29, 0.717) is 17.2 Å². The summed E-state index contributed by atoms with van der Waals surface area (Å²) in [6.45, 7) is 0. The topological polar surface area (TPSA) is 26.3 Å². The van der Waals surface area contributed by atoms with Gasteiger partial charge in [-0.1, -0.05) is 15.9 Å². The van der Waals surface area contributed by atoms with Gasteiger partial charge in [0.15, 0.2) is 0 Å². The number of hydrogen-bond acceptors (Lipinski definition) is 2. The maximum atomic E-state index is 10.8. The van der Waals surface area contributed by atoms with Crippen LogP contribution < -0.4 is 0 Å². The van der Waals surface area contributed by atoms with Gasteiger partial charge in [-0.3, -0.25) is 4.79 Å². The van der Waals surface area contributed by atoms with Gasteiger partial charge in [-0.05, 0) is 12.8 Å². The van der Waals surface area contributed by atoms with E-state index in [1.54, 1.807) is 0 Å². The first-order chi connectivity index (χ1) is 4.77. The molecule has 0 amide bonds. The molecule has 0 bridgehead atoms. The molecule has 2 rings (SSSR count). The molecular formula is C7H9BrO2. The van der Waals surface area contributed by atoms with E-state index in [1.807, 2.05) is 0 Å². The van der Waals surface area contributed by atoms with Crippen LogP contribution in [-0.4, -0.2) is 16.9 Å². The van der Waals surface area contributed by atoms with E-state index in [9.17, 15) is 4.79 Å². The maximum absolute atomic E-state index is 10.8. The molecule has 0 N–H and O–H groups in total. The Kier molecular flexibility index (Phi) is 1.48. The molecule has 1 aliphatic carbocycles. The summed E-state index contributed by atoms with van der Waals surface area (Å²) in [4.78, 5) is 11.3. The minimum atomic E-state index is -0.0147. The van der Waals surface area contributed by atoms with Crippen molar-refractivity contribution in [2.24, 2.45) is 5.92 Å². The Morgan fingerprint density at radius 2 is 2.30 bits per heavy atom. The number of fused-ring (bicyclic) bond motifs is 1. The summed E-state index contributed by atoms with van der Waals surface area (Å²) in [5.41, 5.74) is 0. The van der Waals surface area contributed by atoms with Gasteiger partial charge in [0.05, 0.1) is 6.42 Å². The fourth-order valence-corrected chi connectivity index (χ4v) is 2.59. The summed E-state index contributed by atoms with van der Waals surface area (Å²) in [6.07, 6.45) is 3.06. The van der Waals surface area contributed by atoms with Gasteiger partial charge in [0.1, 0.15) is 6.10 Å². The summed E-state index contributed by atoms with van der Waals surface area (Å²) in [5.74, 6) is 0.451. The molecule has 2 aliphatic rings. The smallest absolute Gasteiger partial charge is 0.306 e. The van der Waals surface area contributed by atoms with Gasteiger partial charge in [0, 0.05) is 10.7 Å². The second-order valence-electron chi connectivity index (χ2n) is 2.99. The molecule has 0 aromatic heterocycles. The van der Waals surface area contributed by atoms with Crippen LogP contribution in [-0.2, 0) is 9.53 Å². The van der Waals surface area contributed by atoms with Crippen LogP contribution in [0.3, 0.4) is 0 Å². The molecule has 1 saturated heterocycles. The molecule has 0 radical (unpaired) electrons. The van der Waals surface area contributed by atoms with Crippen molar-refractivity contribution in [3.05, 3.63) is 0 Å². The second-order valence-corrected chi connectivity index (χ2v) is 4.17. The van der Waals surface area contributed by atoms with Gasteiger partial charge in [-0.25, -0.2) is 0 Å². The highest BCUT2D eigenvalue weighted by Gasteiger charge is 2.43. The lowest BCUT2D eigenvalue weighted by atomic mass is 10.1. The third-order valence-electron chi connectivity index (χ3n) is 2.35. The number of ether oxygens (including phenoxy) is 1. The first kappa shape index (κ1) is 6.65. The fourth-order valence-electron chi connectivity index (χ4n) is 1.80. The van der Waals surface area contributed by atoms with E-state index >= 15 is 0 Å². The number of halogens is 1. The Labute approximate surface area is 68.1 Å². The summed E-state index contributed by atoms with van der Waals surface area (Å²) in [5, 5.41) is 0. The van der Waals surface area contributed by atoms with Crippen molar-refractivity contribution in [3.63, 3.8) is 0 Å². The van der Waals surface area contributed by atoms with Crippen LogP contribution in [0.1, 0.15) is 19.3 Å². The van der Waals surface area contributed by atoms with Crippen molar-refractivity contribution in [1.29, 1.82) is 0 Å². The zero-order valence-corrected chi connectivity index (χ0v) is 7.13. The van der Waals surface area contributed by atoms with Gasteiger partial charge in [0.2, 0.25) is 0 Å². The van der Waals surface area contributed by atoms with Gasteiger partial charge in [0.25, 0.3) is 0 Å². The molecule has 1 aliphatic heterocycles. The summed E-state index contributed by atoms with van der Waals surface area (Å²) in [7, 11) is 0. The van der Waals surface area contributed by atoms with Crippen molar-refractivity contribution in [1.82, 2.24) is 0 Å². The highest BCUT2D eigenvalue weighted by atomic mass is 79.9. The van der Waals surface area contributed by atoms with Gasteiger partial charge < -0.3 is 4.74 Å². The zero-order valence-electron chi connectivity index (χ0n) is 5.55. The lowest BCUT2D eigenvalue weighted by molar-refractivity contribution is -0.141. The third kappa shape index (κ3) is 0.875. The maximum Gasteiger partial charge on any atom is 0.306 e. The molecule has 3 heteroatoms. The van der Waals surface area contributed by atoms with Gasteiger partial charge in [-0.2, -0.15) is 0 Å². The van der Waals surface area contributed by atoms with Crippen molar-refractivity contribution in [2.45, 2.75) is 30.2 Å². The van der Waals surface area contributed by atoms with Crippen LogP contribution >= 0.6 is 15.9 Å². The molecule has 3 atom stereocenters. The van der Waals surface area contributed by atoms with Crippen LogP contribution in [0.5, 0.6) is 0 Å². The fraction of sp³-hybridized carbons (Fsp3) is 0.857. The largest absolute Gasteiger partial charge is 0.462 e. The monoisotopic (exact) mass is 204 g/mol. The minimum Gasteiger partial charge on any atom is -0.462 e. The Morgan fingerprint density at radius 1 is 1.50 bits per heavy atom. The molecule has 0 aromatic carbocycles. The number of rotatable bonds is 0. The molecule has 56 valence electrons. The van der Waals surface area contributed by atoms with Gasteiger partial charge >= 0.3 is 5.97 Å². The number of carbonyl (C=O) groups excluding carboxylic acids is 1. The van der Waals surface area contributed by atoms with Crippen LogP contribution in [0, 0.1) is 5.92 Å². The third-order valence-corrected chi connectivity index (χ3v) is 3.49. The lowest BCUT2D eigenvalue weighted by Crippen LogP contribution is -2.12. The SMILES string of the molecule is O=C1CC2C(Br)CCC2O1. The molecule has 0 aromatic rings. The molecule has 1 saturated carbocycles. The predicted octanol–water partition coefficient (Wildman–Crippen LogP) is 1.48. The van der Waals surface area contributed by atoms with E-state index in [2.05, 4.69) is 15.9 Å². The van der Waals surface area contributed by atoms with Gasteiger partial charge in [-0.15, -0.1) is 0 Å². The standard InChI is InChI=1S/C7H9BrO2/c8-5-1-2-6-4(5)3-7(9)10-6/h4-6H,1-3H2. The van der Waals surface area contributed by atoms with E-state index in [4.69, 9.17) is 4.74 Å². The van der Waals surface area contributed by atoms with Crippen molar-refractivity contribution in [2.75, 3.05) is 0 Å². The molecule has 0 spiro atoms. The van der Waals surface area contributed by atoms with Crippen molar-refractivity contribution < 1.29 is 9.53 Å². The number of esters is 1. The van der Waals surface area contributed by atoms with Crippen LogP contribution in [0.4, 0.5) is 0 Å². The van der Waals surface area contributed by atoms with Crippen LogP contribution in [0.25, 0.3) is 0 Å². The lowest BCUT2D eigenvalue weighted by Gasteiger charge is -2.07. The molecule has 3 unspecified atom stereocenters. The number of hydrogen-bond donors (Lipinski definition) is 0. The normalized spacial score (nSPS) is 45.3. The van der Waals surface area contributed by atoms with Crippen molar-refractivity contribution >= 4 is 21.9 Å². The Hall–Kier alpha value is -0.0500. The Balaban J connectivity index is 2.12. The highest BCUT2D eigenvalue weighted by Crippen LogP contribution is 2.40. The molecule has 2 fully saturated rings. The van der Waals surface area contributed by atoms with Crippen molar-refractivity contribution in [3.8, 4) is 0 Å². The first-order valence-electron chi connectivity index (χ1n) is 3.61. The van der Waals surface area contributed by atoms with E-state index < -0.39 is 0 Å². The predicted molar refractivity (Wildman–Crippen MR) is 39.9 cm³/mol. The Bertz CT molecular complexity index is 169. The summed E-state index contributed by atoms with van der Waals surface area (Å²) >= 11 is 3.54. The molecule has 1 heterocycles. The van der Waals surface area contributed by atoms with E-state index in [-0.39, 0.29) is 12.1 Å². The number of alkyl halides is 1. The average Bonchev–Trinajstić information content (AvgIpc) is 2.35. The molecule has 10 heavy (non-hydrogen) atoms. The summed E-state index contributed by atoms with van der Waals surface area (Å²) in [6, 6.07) is 0. The van der Waals surface area contributed by atoms with E-state index in [1.165, 1.54) is 0 Å². The second kappa shape index (κ2) is 2.22. The quantitative estimate of drug-likeness (QED) is 0.442. The first-order valence-corrected chi connectivity index (χ1v) is 4.52. The zero-order chi connectivity index (χ0) is 7.14. The molecule has 2 nitrogen and oxygen atoms in total. The van der Waals surface area contributed by atoms with Crippen LogP contribution in [0.15, 0.2) is 0 Å². The average molecular weight is 205 g/mol. The number of carbonyl (C=O) groups is 1. The van der Waals surface area contributed by atoms with E-state index in [0.717, 1.165) is 12.8 Å². The summed E-state index contributed by atoms with van der Waals surface area (Å²) < 4.78 is 5.09.